The van der Waals surface area contributed by atoms with Crippen molar-refractivity contribution in [3.05, 3.63) is 0 Å². The lowest BCUT2D eigenvalue weighted by atomic mass is 9.65. The molecule has 1 amide bonds. The van der Waals surface area contributed by atoms with Crippen LogP contribution in [0.5, 0.6) is 0 Å². The molecule has 2 atom stereocenters. The maximum Gasteiger partial charge on any atom is 0.307 e. The lowest BCUT2D eigenvalue weighted by Crippen LogP contribution is -2.56. The third kappa shape index (κ3) is 3.75. The largest absolute Gasteiger partial charge is 0.469 e. The van der Waals surface area contributed by atoms with Crippen LogP contribution in [0.3, 0.4) is 0 Å². The minimum Gasteiger partial charge on any atom is -0.469 e. The molecule has 1 aliphatic heterocycles. The normalized spacial score (nSPS) is 35.1. The zero-order valence-electron chi connectivity index (χ0n) is 14.6. The molecule has 3 N–H and O–H groups in total. The quantitative estimate of drug-likeness (QED) is 0.756. The average molecular weight is 338 g/mol. The minimum atomic E-state index is -0.517. The van der Waals surface area contributed by atoms with E-state index in [1.807, 2.05) is 0 Å². The van der Waals surface area contributed by atoms with Gasteiger partial charge in [-0.2, -0.15) is 0 Å². The Hall–Kier alpha value is -1.14. The molecule has 2 saturated carbocycles. The fraction of sp³-hybridized carbons (Fsp3) is 0.889. The van der Waals surface area contributed by atoms with E-state index in [1.54, 1.807) is 0 Å². The molecule has 3 fully saturated rings. The summed E-state index contributed by atoms with van der Waals surface area (Å²) in [6, 6.07) is 0.259. The lowest BCUT2D eigenvalue weighted by molar-refractivity contribution is -0.144. The summed E-state index contributed by atoms with van der Waals surface area (Å²) in [5, 5.41) is 3.21. The molecule has 6 heteroatoms. The van der Waals surface area contributed by atoms with Crippen molar-refractivity contribution in [2.45, 2.75) is 62.9 Å². The molecule has 136 valence electrons. The molecule has 3 rings (SSSR count). The molecule has 1 heterocycles. The zero-order chi connectivity index (χ0) is 17.2. The van der Waals surface area contributed by atoms with Gasteiger partial charge in [0.1, 0.15) is 0 Å². The van der Waals surface area contributed by atoms with E-state index < -0.39 is 5.54 Å². The van der Waals surface area contributed by atoms with Gasteiger partial charge in [-0.15, -0.1) is 0 Å². The van der Waals surface area contributed by atoms with Crippen molar-refractivity contribution in [1.82, 2.24) is 5.32 Å². The van der Waals surface area contributed by atoms with Gasteiger partial charge < -0.3 is 20.5 Å². The van der Waals surface area contributed by atoms with Gasteiger partial charge in [0.15, 0.2) is 0 Å². The van der Waals surface area contributed by atoms with Crippen LogP contribution in [-0.4, -0.2) is 43.8 Å². The summed E-state index contributed by atoms with van der Waals surface area (Å²) in [6.45, 7) is 1.14. The van der Waals surface area contributed by atoms with Crippen molar-refractivity contribution in [2.24, 2.45) is 23.5 Å². The molecular formula is C18H30N2O4. The molecule has 0 radical (unpaired) electrons. The standard InChI is InChI=1S/C18H30N2O4/c1-23-15(21)11-18(5-7-24-8-6-18)20-17(22)14-9-12-3-2-4-13(10-14)16(12)19/h12-14,16H,2-11,19H2,1H3,(H,20,22). The van der Waals surface area contributed by atoms with Gasteiger partial charge in [-0.05, 0) is 50.4 Å². The molecular weight excluding hydrogens is 308 g/mol. The van der Waals surface area contributed by atoms with Gasteiger partial charge in [0, 0.05) is 25.2 Å². The van der Waals surface area contributed by atoms with Crippen LogP contribution in [0, 0.1) is 17.8 Å². The second-order valence-corrected chi connectivity index (χ2v) is 7.83. The molecule has 6 nitrogen and oxygen atoms in total. The summed E-state index contributed by atoms with van der Waals surface area (Å²) < 4.78 is 10.3. The Morgan fingerprint density at radius 2 is 1.83 bits per heavy atom. The number of carbonyl (C=O) groups is 2. The van der Waals surface area contributed by atoms with E-state index in [4.69, 9.17) is 15.2 Å². The third-order valence-corrected chi connectivity index (χ3v) is 6.33. The van der Waals surface area contributed by atoms with Crippen LogP contribution in [0.1, 0.15) is 51.4 Å². The highest BCUT2D eigenvalue weighted by atomic mass is 16.5. The average Bonchev–Trinajstić information content (AvgIpc) is 2.55. The summed E-state index contributed by atoms with van der Waals surface area (Å²) >= 11 is 0. The number of hydrogen-bond donors (Lipinski definition) is 2. The summed E-state index contributed by atoms with van der Waals surface area (Å²) in [7, 11) is 1.39. The van der Waals surface area contributed by atoms with Crippen LogP contribution in [0.15, 0.2) is 0 Å². The van der Waals surface area contributed by atoms with Crippen molar-refractivity contribution in [1.29, 1.82) is 0 Å². The summed E-state index contributed by atoms with van der Waals surface area (Å²) in [5.41, 5.74) is 5.81. The number of methoxy groups -OCH3 is 1. The molecule has 2 unspecified atom stereocenters. The van der Waals surface area contributed by atoms with Crippen molar-refractivity contribution in [3.63, 3.8) is 0 Å². The number of nitrogens with one attached hydrogen (secondary N) is 1. The third-order valence-electron chi connectivity index (χ3n) is 6.33. The van der Waals surface area contributed by atoms with Crippen LogP contribution >= 0.6 is 0 Å². The second-order valence-electron chi connectivity index (χ2n) is 7.83. The number of nitrogens with two attached hydrogens (primary N) is 1. The lowest BCUT2D eigenvalue weighted by Gasteiger charge is -2.45. The molecule has 24 heavy (non-hydrogen) atoms. The Labute approximate surface area is 143 Å². The van der Waals surface area contributed by atoms with Crippen molar-refractivity contribution in [2.75, 3.05) is 20.3 Å². The monoisotopic (exact) mass is 338 g/mol. The molecule has 3 aliphatic rings. The maximum atomic E-state index is 12.9. The van der Waals surface area contributed by atoms with Crippen molar-refractivity contribution >= 4 is 11.9 Å². The highest BCUT2D eigenvalue weighted by Crippen LogP contribution is 2.42. The van der Waals surface area contributed by atoms with Crippen LogP contribution in [0.2, 0.25) is 0 Å². The second kappa shape index (κ2) is 7.40. The Bertz CT molecular complexity index is 462. The predicted molar refractivity (Wildman–Crippen MR) is 89.1 cm³/mol. The molecule has 2 bridgehead atoms. The highest BCUT2D eigenvalue weighted by Gasteiger charge is 2.43. The Morgan fingerprint density at radius 1 is 1.21 bits per heavy atom. The smallest absolute Gasteiger partial charge is 0.307 e. The maximum absolute atomic E-state index is 12.9. The fourth-order valence-electron chi connectivity index (χ4n) is 4.82. The van der Waals surface area contributed by atoms with Crippen LogP contribution in [-0.2, 0) is 19.1 Å². The minimum absolute atomic E-state index is 0.0254. The number of ether oxygens (including phenoxy) is 2. The van der Waals surface area contributed by atoms with E-state index >= 15 is 0 Å². The summed E-state index contributed by atoms with van der Waals surface area (Å²) in [6.07, 6.45) is 6.83. The zero-order valence-corrected chi connectivity index (χ0v) is 14.6. The van der Waals surface area contributed by atoms with E-state index in [2.05, 4.69) is 5.32 Å². The van der Waals surface area contributed by atoms with E-state index in [0.29, 0.717) is 37.9 Å². The number of fused-ring (bicyclic) bond motifs is 2. The SMILES string of the molecule is COC(=O)CC1(NC(=O)C2CC3CCCC(C2)C3N)CCOCC1. The Morgan fingerprint density at radius 3 is 2.42 bits per heavy atom. The molecule has 0 aromatic heterocycles. The van der Waals surface area contributed by atoms with Crippen LogP contribution in [0.4, 0.5) is 0 Å². The molecule has 0 spiro atoms. The Balaban J connectivity index is 1.66. The molecule has 1 saturated heterocycles. The first-order valence-electron chi connectivity index (χ1n) is 9.25. The van der Waals surface area contributed by atoms with E-state index in [1.165, 1.54) is 13.5 Å². The van der Waals surface area contributed by atoms with Crippen molar-refractivity contribution < 1.29 is 19.1 Å². The number of esters is 1. The van der Waals surface area contributed by atoms with Gasteiger partial charge >= 0.3 is 5.97 Å². The molecule has 2 aliphatic carbocycles. The highest BCUT2D eigenvalue weighted by molar-refractivity contribution is 5.81. The number of carbonyl (C=O) groups excluding carboxylic acids is 2. The summed E-state index contributed by atoms with van der Waals surface area (Å²) in [4.78, 5) is 24.7. The van der Waals surface area contributed by atoms with E-state index in [0.717, 1.165) is 25.7 Å². The predicted octanol–water partition coefficient (Wildman–Crippen LogP) is 1.37. The molecule has 0 aromatic rings. The van der Waals surface area contributed by atoms with Gasteiger partial charge in [-0.25, -0.2) is 0 Å². The number of rotatable bonds is 4. The first-order valence-corrected chi connectivity index (χ1v) is 9.25. The van der Waals surface area contributed by atoms with E-state index in [9.17, 15) is 9.59 Å². The fourth-order valence-corrected chi connectivity index (χ4v) is 4.82. The van der Waals surface area contributed by atoms with Gasteiger partial charge in [-0.1, -0.05) is 6.42 Å². The number of amides is 1. The Kier molecular flexibility index (Phi) is 5.45. The van der Waals surface area contributed by atoms with Crippen LogP contribution < -0.4 is 11.1 Å². The molecule has 0 aromatic carbocycles. The van der Waals surface area contributed by atoms with Crippen molar-refractivity contribution in [3.8, 4) is 0 Å². The van der Waals surface area contributed by atoms with Gasteiger partial charge in [0.05, 0.1) is 19.1 Å². The van der Waals surface area contributed by atoms with Gasteiger partial charge in [0.2, 0.25) is 5.91 Å². The van der Waals surface area contributed by atoms with Gasteiger partial charge in [0.25, 0.3) is 0 Å². The van der Waals surface area contributed by atoms with E-state index in [-0.39, 0.29) is 30.3 Å². The first-order chi connectivity index (χ1) is 11.5. The number of hydrogen-bond acceptors (Lipinski definition) is 5. The van der Waals surface area contributed by atoms with Crippen LogP contribution in [0.25, 0.3) is 0 Å². The van der Waals surface area contributed by atoms with Gasteiger partial charge in [-0.3, -0.25) is 9.59 Å². The topological polar surface area (TPSA) is 90.7 Å². The summed E-state index contributed by atoms with van der Waals surface area (Å²) in [5.74, 6) is 0.779. The first kappa shape index (κ1) is 17.7.